The van der Waals surface area contributed by atoms with Gasteiger partial charge in [-0.05, 0) is 55.0 Å². The minimum Gasteiger partial charge on any atom is -0.490 e. The SMILES string of the molecule is O=C(O)c1ccc2c(c1)O[C@H]1C[C@@H](O)[C@H](/C=C/C(O)C3(c4cccc(F)c4F)CCC3)[C@H]1CC2. The van der Waals surface area contributed by atoms with Crippen LogP contribution in [0.25, 0.3) is 0 Å². The Hall–Kier alpha value is -2.77. The molecule has 2 aliphatic carbocycles. The average Bonchev–Trinajstić information content (AvgIpc) is 2.95. The van der Waals surface area contributed by atoms with Crippen LogP contribution in [0.4, 0.5) is 8.78 Å². The number of carboxylic acids is 1. The number of aryl methyl sites for hydroxylation is 1. The number of rotatable bonds is 5. The molecule has 2 aromatic carbocycles. The van der Waals surface area contributed by atoms with E-state index in [0.717, 1.165) is 24.5 Å². The molecule has 0 spiro atoms. The fourth-order valence-corrected chi connectivity index (χ4v) is 5.97. The highest BCUT2D eigenvalue weighted by Crippen LogP contribution is 2.49. The molecular weight excluding hydrogens is 442 g/mol. The van der Waals surface area contributed by atoms with Gasteiger partial charge >= 0.3 is 5.97 Å². The normalized spacial score (nSPS) is 28.4. The van der Waals surface area contributed by atoms with Crippen molar-refractivity contribution < 1.29 is 33.6 Å². The van der Waals surface area contributed by atoms with Crippen molar-refractivity contribution >= 4 is 5.97 Å². The maximum Gasteiger partial charge on any atom is 0.335 e. The number of carbonyl (C=O) groups is 1. The van der Waals surface area contributed by atoms with E-state index in [1.807, 2.05) is 0 Å². The van der Waals surface area contributed by atoms with Gasteiger partial charge in [-0.2, -0.15) is 0 Å². The quantitative estimate of drug-likeness (QED) is 0.564. The molecule has 0 amide bonds. The summed E-state index contributed by atoms with van der Waals surface area (Å²) in [6.45, 7) is 0. The lowest BCUT2D eigenvalue weighted by Gasteiger charge is -2.45. The minimum absolute atomic E-state index is 0.0117. The second-order valence-electron chi connectivity index (χ2n) is 9.81. The van der Waals surface area contributed by atoms with Gasteiger partial charge in [0.05, 0.1) is 17.8 Å². The van der Waals surface area contributed by atoms with E-state index in [-0.39, 0.29) is 29.1 Å². The van der Waals surface area contributed by atoms with Crippen LogP contribution in [-0.2, 0) is 11.8 Å². The lowest BCUT2D eigenvalue weighted by molar-refractivity contribution is 0.0582. The molecule has 2 fully saturated rings. The van der Waals surface area contributed by atoms with Crippen molar-refractivity contribution in [3.63, 3.8) is 0 Å². The van der Waals surface area contributed by atoms with Gasteiger partial charge in [0, 0.05) is 23.7 Å². The number of aliphatic hydroxyl groups excluding tert-OH is 2. The Morgan fingerprint density at radius 1 is 1.21 bits per heavy atom. The molecule has 2 aromatic rings. The summed E-state index contributed by atoms with van der Waals surface area (Å²) in [5.41, 5.74) is 0.426. The van der Waals surface area contributed by atoms with E-state index in [1.165, 1.54) is 18.2 Å². The Labute approximate surface area is 196 Å². The van der Waals surface area contributed by atoms with Gasteiger partial charge in [0.25, 0.3) is 0 Å². The zero-order valence-electron chi connectivity index (χ0n) is 18.7. The molecule has 0 aromatic heterocycles. The first-order chi connectivity index (χ1) is 16.3. The van der Waals surface area contributed by atoms with Crippen molar-refractivity contribution in [2.24, 2.45) is 11.8 Å². The van der Waals surface area contributed by atoms with E-state index in [9.17, 15) is 28.9 Å². The zero-order valence-corrected chi connectivity index (χ0v) is 18.7. The summed E-state index contributed by atoms with van der Waals surface area (Å²) in [5.74, 6) is -2.58. The molecule has 0 bridgehead atoms. The third-order valence-electron chi connectivity index (χ3n) is 8.05. The number of carboxylic acid groups (broad SMARTS) is 1. The molecule has 2 saturated carbocycles. The summed E-state index contributed by atoms with van der Waals surface area (Å²) >= 11 is 0. The van der Waals surface area contributed by atoms with E-state index >= 15 is 0 Å². The number of hydrogen-bond donors (Lipinski definition) is 3. The highest BCUT2D eigenvalue weighted by molar-refractivity contribution is 5.88. The molecule has 1 aliphatic heterocycles. The lowest BCUT2D eigenvalue weighted by Crippen LogP contribution is -2.45. The van der Waals surface area contributed by atoms with Gasteiger partial charge in [-0.15, -0.1) is 0 Å². The van der Waals surface area contributed by atoms with E-state index in [0.29, 0.717) is 31.4 Å². The van der Waals surface area contributed by atoms with Crippen LogP contribution < -0.4 is 4.74 Å². The van der Waals surface area contributed by atoms with E-state index in [1.54, 1.807) is 24.3 Å². The van der Waals surface area contributed by atoms with Gasteiger partial charge in [0.1, 0.15) is 11.9 Å². The number of benzene rings is 2. The molecule has 0 saturated heterocycles. The van der Waals surface area contributed by atoms with Crippen molar-refractivity contribution in [3.05, 3.63) is 76.9 Å². The van der Waals surface area contributed by atoms with Gasteiger partial charge in [-0.25, -0.2) is 13.6 Å². The number of ether oxygens (including phenoxy) is 1. The molecule has 5 rings (SSSR count). The highest BCUT2D eigenvalue weighted by Gasteiger charge is 2.47. The standard InChI is InChI=1S/C27H28F2O5/c28-20-4-1-3-19(25(20)29)27(11-2-12-27)24(31)10-9-17-18-8-7-15-5-6-16(26(32)33)13-22(15)34-23(18)14-21(17)30/h1,3-6,9-10,13,17-18,21,23-24,30-31H,2,7-8,11-12,14H2,(H,32,33)/b10-9+/t17-,18-,21-,23+,24?/m1/s1. The molecule has 7 heteroatoms. The fraction of sp³-hybridized carbons (Fsp3) is 0.444. The minimum atomic E-state index is -1.02. The average molecular weight is 471 g/mol. The van der Waals surface area contributed by atoms with Gasteiger partial charge < -0.3 is 20.1 Å². The van der Waals surface area contributed by atoms with Crippen LogP contribution in [0.3, 0.4) is 0 Å². The monoisotopic (exact) mass is 470 g/mol. The molecule has 3 aliphatic rings. The summed E-state index contributed by atoms with van der Waals surface area (Å²) in [5, 5.41) is 31.1. The molecular formula is C27H28F2O5. The number of halogens is 2. The Bertz CT molecular complexity index is 1130. The molecule has 180 valence electrons. The van der Waals surface area contributed by atoms with Crippen LogP contribution in [0.5, 0.6) is 5.75 Å². The van der Waals surface area contributed by atoms with Gasteiger partial charge in [0.15, 0.2) is 11.6 Å². The largest absolute Gasteiger partial charge is 0.490 e. The van der Waals surface area contributed by atoms with Crippen LogP contribution in [0, 0.1) is 23.5 Å². The Morgan fingerprint density at radius 2 is 2.00 bits per heavy atom. The Kier molecular flexibility index (Phi) is 5.94. The van der Waals surface area contributed by atoms with E-state index in [2.05, 4.69) is 0 Å². The second kappa shape index (κ2) is 8.78. The second-order valence-corrected chi connectivity index (χ2v) is 9.81. The van der Waals surface area contributed by atoms with Gasteiger partial charge in [-0.3, -0.25) is 0 Å². The molecule has 3 N–H and O–H groups in total. The van der Waals surface area contributed by atoms with Crippen molar-refractivity contribution in [2.45, 2.75) is 62.3 Å². The predicted octanol–water partition coefficient (Wildman–Crippen LogP) is 4.39. The number of aromatic carboxylic acids is 1. The predicted molar refractivity (Wildman–Crippen MR) is 121 cm³/mol. The van der Waals surface area contributed by atoms with E-state index in [4.69, 9.17) is 4.74 Å². The maximum atomic E-state index is 14.6. The third-order valence-corrected chi connectivity index (χ3v) is 8.05. The van der Waals surface area contributed by atoms with E-state index < -0.39 is 35.2 Å². The van der Waals surface area contributed by atoms with Crippen LogP contribution in [-0.4, -0.2) is 39.6 Å². The molecule has 5 nitrogen and oxygen atoms in total. The first-order valence-corrected chi connectivity index (χ1v) is 11.8. The summed E-state index contributed by atoms with van der Waals surface area (Å²) in [7, 11) is 0. The summed E-state index contributed by atoms with van der Waals surface area (Å²) in [4.78, 5) is 11.3. The van der Waals surface area contributed by atoms with Crippen molar-refractivity contribution in [1.29, 1.82) is 0 Å². The van der Waals surface area contributed by atoms with Crippen molar-refractivity contribution in [1.82, 2.24) is 0 Å². The van der Waals surface area contributed by atoms with Crippen LogP contribution >= 0.6 is 0 Å². The summed E-state index contributed by atoms with van der Waals surface area (Å²) < 4.78 is 34.6. The molecule has 0 radical (unpaired) electrons. The number of fused-ring (bicyclic) bond motifs is 2. The van der Waals surface area contributed by atoms with Gasteiger partial charge in [0.2, 0.25) is 0 Å². The Balaban J connectivity index is 1.36. The molecule has 5 atom stereocenters. The van der Waals surface area contributed by atoms with Crippen LogP contribution in [0.1, 0.15) is 53.6 Å². The zero-order chi connectivity index (χ0) is 24.0. The first kappa shape index (κ1) is 23.0. The van der Waals surface area contributed by atoms with Crippen LogP contribution in [0.2, 0.25) is 0 Å². The first-order valence-electron chi connectivity index (χ1n) is 11.8. The smallest absolute Gasteiger partial charge is 0.335 e. The van der Waals surface area contributed by atoms with Crippen molar-refractivity contribution in [2.75, 3.05) is 0 Å². The fourth-order valence-electron chi connectivity index (χ4n) is 5.97. The summed E-state index contributed by atoms with van der Waals surface area (Å²) in [6, 6.07) is 8.96. The van der Waals surface area contributed by atoms with Crippen molar-refractivity contribution in [3.8, 4) is 5.75 Å². The van der Waals surface area contributed by atoms with Crippen LogP contribution in [0.15, 0.2) is 48.6 Å². The van der Waals surface area contributed by atoms with Gasteiger partial charge in [-0.1, -0.05) is 36.8 Å². The Morgan fingerprint density at radius 3 is 2.71 bits per heavy atom. The lowest BCUT2D eigenvalue weighted by atomic mass is 9.60. The number of aliphatic hydroxyl groups is 2. The molecule has 1 unspecified atom stereocenters. The summed E-state index contributed by atoms with van der Waals surface area (Å²) in [6.07, 6.45) is 5.25. The third kappa shape index (κ3) is 3.81. The highest BCUT2D eigenvalue weighted by atomic mass is 19.2. The maximum absolute atomic E-state index is 14.6. The molecule has 34 heavy (non-hydrogen) atoms. The number of hydrogen-bond acceptors (Lipinski definition) is 4. The topological polar surface area (TPSA) is 87.0 Å². The molecule has 1 heterocycles.